The minimum atomic E-state index is -3.71. The summed E-state index contributed by atoms with van der Waals surface area (Å²) in [6.07, 6.45) is 0. The smallest absolute Gasteiger partial charge is 0.250 e. The summed E-state index contributed by atoms with van der Waals surface area (Å²) in [7, 11) is -3.71. The summed E-state index contributed by atoms with van der Waals surface area (Å²) in [6, 6.07) is 20.3. The molecular weight excluding hydrogens is 390 g/mol. The normalized spacial score (nSPS) is 14.1. The highest BCUT2D eigenvalue weighted by Gasteiger charge is 2.27. The van der Waals surface area contributed by atoms with E-state index in [0.29, 0.717) is 9.90 Å². The highest BCUT2D eigenvalue weighted by molar-refractivity contribution is 7.91. The fourth-order valence-corrected chi connectivity index (χ4v) is 5.16. The van der Waals surface area contributed by atoms with E-state index in [1.54, 1.807) is 19.1 Å². The van der Waals surface area contributed by atoms with Crippen molar-refractivity contribution in [2.45, 2.75) is 16.7 Å². The molecule has 1 atom stereocenters. The van der Waals surface area contributed by atoms with Crippen LogP contribution >= 0.6 is 22.9 Å². The maximum absolute atomic E-state index is 12.3. The van der Waals surface area contributed by atoms with Gasteiger partial charge in [-0.2, -0.15) is 0 Å². The Kier molecular flexibility index (Phi) is 5.50. The largest absolute Gasteiger partial charge is 0.384 e. The lowest BCUT2D eigenvalue weighted by atomic mass is 9.94. The number of hydrogen-bond acceptors (Lipinski definition) is 4. The third-order valence-electron chi connectivity index (χ3n) is 4.03. The second-order valence-electron chi connectivity index (χ2n) is 6.10. The van der Waals surface area contributed by atoms with E-state index in [-0.39, 0.29) is 10.8 Å². The van der Waals surface area contributed by atoms with Crippen LogP contribution in [0.1, 0.15) is 12.5 Å². The molecule has 0 aliphatic carbocycles. The summed E-state index contributed by atoms with van der Waals surface area (Å²) < 4.78 is 27.6. The van der Waals surface area contributed by atoms with Gasteiger partial charge in [-0.3, -0.25) is 0 Å². The van der Waals surface area contributed by atoms with Crippen molar-refractivity contribution in [3.63, 3.8) is 0 Å². The lowest BCUT2D eigenvalue weighted by Crippen LogP contribution is -2.38. The Hall–Kier alpha value is -1.70. The number of sulfonamides is 1. The molecule has 0 amide bonds. The topological polar surface area (TPSA) is 66.4 Å². The van der Waals surface area contributed by atoms with E-state index >= 15 is 0 Å². The Balaban J connectivity index is 1.74. The first kappa shape index (κ1) is 19.1. The van der Waals surface area contributed by atoms with Crippen LogP contribution < -0.4 is 4.72 Å². The summed E-state index contributed by atoms with van der Waals surface area (Å²) in [5.41, 5.74) is 1.39. The Bertz CT molecular complexity index is 981. The maximum Gasteiger partial charge on any atom is 0.250 e. The van der Waals surface area contributed by atoms with Gasteiger partial charge in [-0.15, -0.1) is 11.3 Å². The third kappa shape index (κ3) is 4.34. The van der Waals surface area contributed by atoms with E-state index in [9.17, 15) is 13.5 Å². The molecule has 0 fully saturated rings. The van der Waals surface area contributed by atoms with Gasteiger partial charge >= 0.3 is 0 Å². The fourth-order valence-electron chi connectivity index (χ4n) is 2.50. The number of hydrogen-bond donors (Lipinski definition) is 2. The quantitative estimate of drug-likeness (QED) is 0.641. The molecule has 7 heteroatoms. The molecule has 2 aromatic carbocycles. The van der Waals surface area contributed by atoms with Crippen molar-refractivity contribution in [1.82, 2.24) is 4.72 Å². The molecule has 0 saturated heterocycles. The van der Waals surface area contributed by atoms with Gasteiger partial charge in [0.2, 0.25) is 10.0 Å². The van der Waals surface area contributed by atoms with Gasteiger partial charge in [0.05, 0.1) is 4.34 Å². The van der Waals surface area contributed by atoms with Crippen LogP contribution in [0.5, 0.6) is 0 Å². The van der Waals surface area contributed by atoms with E-state index in [4.69, 9.17) is 11.6 Å². The molecule has 0 aliphatic rings. The van der Waals surface area contributed by atoms with Crippen LogP contribution in [0.3, 0.4) is 0 Å². The molecule has 0 unspecified atom stereocenters. The van der Waals surface area contributed by atoms with Crippen molar-refractivity contribution >= 4 is 33.0 Å². The molecule has 3 rings (SSSR count). The first-order valence-corrected chi connectivity index (χ1v) is 10.6. The predicted octanol–water partition coefficient (Wildman–Crippen LogP) is 4.25. The molecule has 26 heavy (non-hydrogen) atoms. The molecule has 3 aromatic rings. The van der Waals surface area contributed by atoms with Crippen LogP contribution in [0, 0.1) is 0 Å². The van der Waals surface area contributed by atoms with Crippen molar-refractivity contribution in [2.75, 3.05) is 6.54 Å². The van der Waals surface area contributed by atoms with Crippen LogP contribution in [-0.2, 0) is 15.6 Å². The minimum absolute atomic E-state index is 0.123. The molecule has 0 aliphatic heterocycles. The molecule has 0 bridgehead atoms. The number of aliphatic hydroxyl groups is 1. The SMILES string of the molecule is C[C@@](O)(CNS(=O)(=O)c1ccc(Cl)s1)c1ccc(-c2ccccc2)cc1. The lowest BCUT2D eigenvalue weighted by Gasteiger charge is -2.24. The van der Waals surface area contributed by atoms with Gasteiger partial charge in [-0.25, -0.2) is 13.1 Å². The molecule has 2 N–H and O–H groups in total. The molecule has 136 valence electrons. The summed E-state index contributed by atoms with van der Waals surface area (Å²) in [5.74, 6) is 0. The predicted molar refractivity (Wildman–Crippen MR) is 106 cm³/mol. The molecule has 4 nitrogen and oxygen atoms in total. The summed E-state index contributed by atoms with van der Waals surface area (Å²) in [5, 5.41) is 10.7. The van der Waals surface area contributed by atoms with Crippen molar-refractivity contribution < 1.29 is 13.5 Å². The number of benzene rings is 2. The average Bonchev–Trinajstić information content (AvgIpc) is 3.09. The summed E-state index contributed by atoms with van der Waals surface area (Å²) >= 11 is 6.77. The van der Waals surface area contributed by atoms with Gasteiger partial charge in [0.1, 0.15) is 9.81 Å². The summed E-state index contributed by atoms with van der Waals surface area (Å²) in [6.45, 7) is 1.43. The zero-order valence-corrected chi connectivity index (χ0v) is 16.4. The van der Waals surface area contributed by atoms with Gasteiger partial charge in [-0.1, -0.05) is 66.2 Å². The fraction of sp³-hybridized carbons (Fsp3) is 0.158. The lowest BCUT2D eigenvalue weighted by molar-refractivity contribution is 0.0628. The number of rotatable bonds is 6. The van der Waals surface area contributed by atoms with Crippen LogP contribution in [0.15, 0.2) is 70.9 Å². The summed E-state index contributed by atoms with van der Waals surface area (Å²) in [4.78, 5) is 0. The average molecular weight is 408 g/mol. The van der Waals surface area contributed by atoms with Gasteiger partial charge < -0.3 is 5.11 Å². The Morgan fingerprint density at radius 2 is 1.62 bits per heavy atom. The molecular formula is C19H18ClNO3S2. The van der Waals surface area contributed by atoms with E-state index in [1.165, 1.54) is 12.1 Å². The van der Waals surface area contributed by atoms with Gasteiger partial charge in [0.15, 0.2) is 0 Å². The van der Waals surface area contributed by atoms with Crippen molar-refractivity contribution in [1.29, 1.82) is 0 Å². The Morgan fingerprint density at radius 3 is 2.19 bits per heavy atom. The van der Waals surface area contributed by atoms with Crippen LogP contribution in [-0.4, -0.2) is 20.1 Å². The van der Waals surface area contributed by atoms with Crippen molar-refractivity contribution in [3.05, 3.63) is 76.6 Å². The first-order valence-electron chi connectivity index (χ1n) is 7.91. The van der Waals surface area contributed by atoms with Crippen LogP contribution in [0.25, 0.3) is 11.1 Å². The van der Waals surface area contributed by atoms with Gasteiger partial charge in [0.25, 0.3) is 0 Å². The zero-order chi connectivity index (χ0) is 18.8. The highest BCUT2D eigenvalue weighted by Crippen LogP contribution is 2.27. The monoisotopic (exact) mass is 407 g/mol. The number of halogens is 1. The Labute approximate surface area is 162 Å². The van der Waals surface area contributed by atoms with E-state index in [1.807, 2.05) is 42.5 Å². The van der Waals surface area contributed by atoms with Crippen LogP contribution in [0.2, 0.25) is 4.34 Å². The van der Waals surface area contributed by atoms with E-state index in [0.717, 1.165) is 22.5 Å². The minimum Gasteiger partial charge on any atom is -0.384 e. The molecule has 0 spiro atoms. The van der Waals surface area contributed by atoms with Gasteiger partial charge in [0, 0.05) is 6.54 Å². The Morgan fingerprint density at radius 1 is 1.00 bits per heavy atom. The molecule has 0 saturated carbocycles. The molecule has 1 aromatic heterocycles. The van der Waals surface area contributed by atoms with E-state index < -0.39 is 15.6 Å². The van der Waals surface area contributed by atoms with Crippen molar-refractivity contribution in [3.8, 4) is 11.1 Å². The van der Waals surface area contributed by atoms with Crippen molar-refractivity contribution in [2.24, 2.45) is 0 Å². The highest BCUT2D eigenvalue weighted by atomic mass is 35.5. The standard InChI is InChI=1S/C19H18ClNO3S2/c1-19(22,13-21-26(23,24)18-12-11-17(20)25-18)16-9-7-15(8-10-16)14-5-3-2-4-6-14/h2-12,21-22H,13H2,1H3/t19-/m1/s1. The second-order valence-corrected chi connectivity index (χ2v) is 9.81. The maximum atomic E-state index is 12.3. The molecule has 1 heterocycles. The third-order valence-corrected chi connectivity index (χ3v) is 7.16. The van der Waals surface area contributed by atoms with E-state index in [2.05, 4.69) is 4.72 Å². The van der Waals surface area contributed by atoms with Gasteiger partial charge in [-0.05, 0) is 35.7 Å². The zero-order valence-electron chi connectivity index (χ0n) is 14.0. The number of thiophene rings is 1. The second kappa shape index (κ2) is 7.50. The first-order chi connectivity index (χ1) is 12.3. The van der Waals surface area contributed by atoms with Crippen LogP contribution in [0.4, 0.5) is 0 Å². The molecule has 0 radical (unpaired) electrons. The number of nitrogens with one attached hydrogen (secondary N) is 1.